The molecule has 1 fully saturated rings. The predicted molar refractivity (Wildman–Crippen MR) is 118 cm³/mol. The summed E-state index contributed by atoms with van der Waals surface area (Å²) in [6.45, 7) is 5.44. The van der Waals surface area contributed by atoms with Crippen molar-refractivity contribution in [1.82, 2.24) is 24.4 Å². The van der Waals surface area contributed by atoms with Crippen LogP contribution in [0.2, 0.25) is 0 Å². The molecule has 1 atom stereocenters. The van der Waals surface area contributed by atoms with Crippen molar-refractivity contribution in [3.05, 3.63) is 22.3 Å². The highest BCUT2D eigenvalue weighted by molar-refractivity contribution is 7.91. The van der Waals surface area contributed by atoms with E-state index >= 15 is 0 Å². The van der Waals surface area contributed by atoms with Crippen molar-refractivity contribution in [3.8, 4) is 0 Å². The van der Waals surface area contributed by atoms with Crippen molar-refractivity contribution in [2.75, 3.05) is 29.8 Å². The van der Waals surface area contributed by atoms with Gasteiger partial charge in [-0.25, -0.2) is 18.8 Å². The first kappa shape index (κ1) is 22.5. The monoisotopic (exact) mass is 455 g/mol. The maximum Gasteiger partial charge on any atom is 0.335 e. The van der Waals surface area contributed by atoms with Crippen LogP contribution >= 0.6 is 11.3 Å². The van der Waals surface area contributed by atoms with E-state index in [1.165, 1.54) is 21.8 Å². The highest BCUT2D eigenvalue weighted by atomic mass is 32.2. The zero-order chi connectivity index (χ0) is 21.9. The van der Waals surface area contributed by atoms with Gasteiger partial charge in [0.2, 0.25) is 0 Å². The molecule has 2 aromatic heterocycles. The summed E-state index contributed by atoms with van der Waals surface area (Å²) in [6, 6.07) is -1.12. The summed E-state index contributed by atoms with van der Waals surface area (Å²) in [5, 5.41) is 7.61. The van der Waals surface area contributed by atoms with Crippen LogP contribution in [0.15, 0.2) is 12.4 Å². The number of carbonyl (C=O) groups is 1. The Bertz CT molecular complexity index is 986. The van der Waals surface area contributed by atoms with Crippen LogP contribution in [-0.2, 0) is 30.1 Å². The minimum absolute atomic E-state index is 0.296. The van der Waals surface area contributed by atoms with E-state index in [9.17, 15) is 13.2 Å². The summed E-state index contributed by atoms with van der Waals surface area (Å²) < 4.78 is 31.5. The number of rotatable bonds is 7. The third kappa shape index (κ3) is 5.10. The van der Waals surface area contributed by atoms with E-state index in [2.05, 4.69) is 25.0 Å². The number of piperidine rings is 1. The Morgan fingerprint density at radius 3 is 2.70 bits per heavy atom. The SMILES string of the molecule is CCc1nc(NC(=O)NS(=O)(=O)N(c2cnn(C)c2)C2CCCN(C)C2)c(CC)s1. The van der Waals surface area contributed by atoms with Gasteiger partial charge in [-0.1, -0.05) is 13.8 Å². The van der Waals surface area contributed by atoms with Crippen LogP contribution in [0.25, 0.3) is 0 Å². The van der Waals surface area contributed by atoms with Gasteiger partial charge in [-0.2, -0.15) is 13.5 Å². The fraction of sp³-hybridized carbons (Fsp3) is 0.611. The quantitative estimate of drug-likeness (QED) is 0.660. The molecule has 2 amide bonds. The first-order valence-corrected chi connectivity index (χ1v) is 12.3. The molecule has 12 heteroatoms. The molecule has 1 saturated heterocycles. The lowest BCUT2D eigenvalue weighted by Gasteiger charge is -2.37. The lowest BCUT2D eigenvalue weighted by atomic mass is 10.1. The van der Waals surface area contributed by atoms with Gasteiger partial charge in [-0.05, 0) is 39.3 Å². The average molecular weight is 456 g/mol. The van der Waals surface area contributed by atoms with Crippen molar-refractivity contribution in [2.45, 2.75) is 45.6 Å². The van der Waals surface area contributed by atoms with Gasteiger partial charge in [0, 0.05) is 24.7 Å². The van der Waals surface area contributed by atoms with E-state index < -0.39 is 16.2 Å². The molecule has 0 spiro atoms. The number of aromatic nitrogens is 3. The fourth-order valence-corrected chi connectivity index (χ4v) is 5.81. The molecular formula is C18H29N7O3S2. The number of likely N-dealkylation sites (N-methyl/N-ethyl adjacent to an activating group) is 1. The topological polar surface area (TPSA) is 112 Å². The number of urea groups is 1. The van der Waals surface area contributed by atoms with Gasteiger partial charge in [0.1, 0.15) is 5.82 Å². The van der Waals surface area contributed by atoms with Crippen molar-refractivity contribution >= 4 is 39.1 Å². The Morgan fingerprint density at radius 1 is 1.33 bits per heavy atom. The number of thiazole rings is 1. The van der Waals surface area contributed by atoms with E-state index in [4.69, 9.17) is 0 Å². The molecule has 1 unspecified atom stereocenters. The number of hydrogen-bond donors (Lipinski definition) is 2. The summed E-state index contributed by atoms with van der Waals surface area (Å²) in [5.41, 5.74) is 0.425. The third-order valence-electron chi connectivity index (χ3n) is 4.95. The van der Waals surface area contributed by atoms with Gasteiger partial charge in [-0.15, -0.1) is 11.3 Å². The molecule has 0 saturated carbocycles. The first-order valence-electron chi connectivity index (χ1n) is 10.0. The van der Waals surface area contributed by atoms with Crippen LogP contribution in [0.5, 0.6) is 0 Å². The van der Waals surface area contributed by atoms with Crippen molar-refractivity contribution in [3.63, 3.8) is 0 Å². The maximum absolute atomic E-state index is 13.2. The van der Waals surface area contributed by atoms with Gasteiger partial charge in [0.15, 0.2) is 0 Å². The summed E-state index contributed by atoms with van der Waals surface area (Å²) in [5.74, 6) is 0.414. The molecule has 2 aromatic rings. The summed E-state index contributed by atoms with van der Waals surface area (Å²) in [4.78, 5) is 20.0. The molecule has 3 heterocycles. The number of likely N-dealkylation sites (tertiary alicyclic amines) is 1. The van der Waals surface area contributed by atoms with Gasteiger partial charge in [-0.3, -0.25) is 10.00 Å². The van der Waals surface area contributed by atoms with Crippen molar-refractivity contribution in [1.29, 1.82) is 0 Å². The Morgan fingerprint density at radius 2 is 2.10 bits per heavy atom. The Hall–Kier alpha value is -2.18. The molecule has 1 aliphatic heterocycles. The number of aryl methyl sites for hydroxylation is 3. The number of nitrogens with zero attached hydrogens (tertiary/aromatic N) is 5. The predicted octanol–water partition coefficient (Wildman–Crippen LogP) is 1.97. The molecule has 10 nitrogen and oxygen atoms in total. The molecule has 0 bridgehead atoms. The average Bonchev–Trinajstić information content (AvgIpc) is 3.26. The fourth-order valence-electron chi connectivity index (χ4n) is 3.59. The zero-order valence-corrected chi connectivity index (χ0v) is 19.4. The molecule has 0 aromatic carbocycles. The Kier molecular flexibility index (Phi) is 6.98. The van der Waals surface area contributed by atoms with Crippen molar-refractivity contribution in [2.24, 2.45) is 7.05 Å². The molecule has 1 aliphatic rings. The first-order chi connectivity index (χ1) is 14.2. The number of carbonyl (C=O) groups excluding carboxylic acids is 1. The number of anilines is 2. The van der Waals surface area contributed by atoms with Crippen LogP contribution in [0.3, 0.4) is 0 Å². The molecule has 2 N–H and O–H groups in total. The van der Waals surface area contributed by atoms with Crippen LogP contribution in [0.1, 0.15) is 36.6 Å². The van der Waals surface area contributed by atoms with E-state index in [1.807, 2.05) is 20.9 Å². The highest BCUT2D eigenvalue weighted by Crippen LogP contribution is 2.26. The number of amides is 2. The summed E-state index contributed by atoms with van der Waals surface area (Å²) in [7, 11) is -0.474. The van der Waals surface area contributed by atoms with Crippen molar-refractivity contribution < 1.29 is 13.2 Å². The summed E-state index contributed by atoms with van der Waals surface area (Å²) >= 11 is 1.52. The van der Waals surface area contributed by atoms with E-state index in [-0.39, 0.29) is 6.04 Å². The van der Waals surface area contributed by atoms with Gasteiger partial charge in [0.05, 0.1) is 22.9 Å². The molecule has 0 radical (unpaired) electrons. The van der Waals surface area contributed by atoms with Gasteiger partial charge < -0.3 is 4.90 Å². The molecule has 0 aliphatic carbocycles. The second-order valence-corrected chi connectivity index (χ2v) is 10.1. The molecule has 166 valence electrons. The van der Waals surface area contributed by atoms with E-state index in [0.717, 1.165) is 29.3 Å². The largest absolute Gasteiger partial charge is 0.335 e. The third-order valence-corrected chi connectivity index (χ3v) is 7.77. The number of nitrogens with one attached hydrogen (secondary N) is 2. The molecule has 30 heavy (non-hydrogen) atoms. The van der Waals surface area contributed by atoms with Crippen LogP contribution in [0, 0.1) is 0 Å². The van der Waals surface area contributed by atoms with Crippen LogP contribution in [-0.4, -0.2) is 60.3 Å². The van der Waals surface area contributed by atoms with Gasteiger partial charge in [0.25, 0.3) is 0 Å². The second kappa shape index (κ2) is 9.31. The second-order valence-electron chi connectivity index (χ2n) is 7.37. The van der Waals surface area contributed by atoms with Gasteiger partial charge >= 0.3 is 16.2 Å². The summed E-state index contributed by atoms with van der Waals surface area (Å²) in [6.07, 6.45) is 6.16. The number of hydrogen-bond acceptors (Lipinski definition) is 7. The standard InChI is InChI=1S/C18H29N7O3S2/c1-5-15-17(20-16(6-2)29-15)21-18(26)22-30(27,28)25(14-10-19-24(4)12-14)13-8-7-9-23(3)11-13/h10,12-13H,5-9,11H2,1-4H3,(H2,21,22,26). The Labute approximate surface area is 181 Å². The highest BCUT2D eigenvalue weighted by Gasteiger charge is 2.35. The molecular weight excluding hydrogens is 426 g/mol. The lowest BCUT2D eigenvalue weighted by molar-refractivity contribution is 0.251. The minimum atomic E-state index is -4.16. The van der Waals surface area contributed by atoms with E-state index in [0.29, 0.717) is 30.9 Å². The maximum atomic E-state index is 13.2. The lowest BCUT2D eigenvalue weighted by Crippen LogP contribution is -2.54. The van der Waals surface area contributed by atoms with E-state index in [1.54, 1.807) is 17.9 Å². The zero-order valence-electron chi connectivity index (χ0n) is 17.8. The van der Waals surface area contributed by atoms with Crippen LogP contribution in [0.4, 0.5) is 16.3 Å². The normalized spacial score (nSPS) is 17.7. The Balaban J connectivity index is 1.82. The van der Waals surface area contributed by atoms with Crippen LogP contribution < -0.4 is 14.3 Å². The minimum Gasteiger partial charge on any atom is -0.304 e. The molecule has 3 rings (SSSR count). The smallest absolute Gasteiger partial charge is 0.304 e.